The number of fused-ring (bicyclic) bond motifs is 7. The number of hydrogen-bond donors (Lipinski definition) is 17. The normalized spacial score (nSPS) is 26.1. The molecule has 0 spiro atoms. The van der Waals surface area contributed by atoms with Crippen molar-refractivity contribution in [2.24, 2.45) is 21.6 Å². The molecule has 9 heterocycles. The van der Waals surface area contributed by atoms with Gasteiger partial charge in [-0.1, -0.05) is 58.4 Å². The first-order valence-electron chi connectivity index (χ1n) is 34.8. The van der Waals surface area contributed by atoms with Crippen LogP contribution in [0, 0.1) is 5.92 Å². The van der Waals surface area contributed by atoms with Gasteiger partial charge in [0.25, 0.3) is 41.4 Å². The zero-order chi connectivity index (χ0) is 82.7. The number of esters is 1. The number of aliphatic imine (C=N–C) groups is 2. The number of rotatable bonds is 11. The fraction of sp³-hybridized carbons (Fsp3) is 0.394. The number of nitrogens with one attached hydrogen (secondary N) is 11. The molecule has 10 rings (SSSR count). The zero-order valence-corrected chi connectivity index (χ0v) is 66.0. The van der Waals surface area contributed by atoms with E-state index in [9.17, 15) is 68.7 Å². The van der Waals surface area contributed by atoms with Gasteiger partial charge < -0.3 is 89.2 Å². The Morgan fingerprint density at radius 1 is 0.743 bits per heavy atom. The smallest absolute Gasteiger partial charge is 0.357 e. The van der Waals surface area contributed by atoms with Crippen molar-refractivity contribution in [1.82, 2.24) is 83.4 Å². The molecule has 0 fully saturated rings. The predicted molar refractivity (Wildman–Crippen MR) is 413 cm³/mol. The van der Waals surface area contributed by atoms with Crippen LogP contribution in [0.1, 0.15) is 190 Å². The van der Waals surface area contributed by atoms with E-state index >= 15 is 14.4 Å². The third kappa shape index (κ3) is 18.5. The van der Waals surface area contributed by atoms with E-state index in [1.165, 1.54) is 87.4 Å². The van der Waals surface area contributed by atoms with E-state index in [0.717, 1.165) is 57.1 Å². The molecule has 42 heteroatoms. The number of hydrogen-bond acceptors (Lipinski definition) is 31. The van der Waals surface area contributed by atoms with Gasteiger partial charge in [0, 0.05) is 32.8 Å². The number of pyridine rings is 1. The number of thioether (sulfide) groups is 1. The van der Waals surface area contributed by atoms with Gasteiger partial charge in [0.1, 0.15) is 107 Å². The van der Waals surface area contributed by atoms with Crippen LogP contribution in [0.2, 0.25) is 0 Å². The van der Waals surface area contributed by atoms with Crippen LogP contribution < -0.4 is 64.2 Å². The second-order valence-electron chi connectivity index (χ2n) is 27.4. The molecule has 4 aliphatic heterocycles. The third-order valence-electron chi connectivity index (χ3n) is 18.7. The Labute approximate surface area is 664 Å². The first-order valence-corrected chi connectivity index (χ1v) is 39.3. The summed E-state index contributed by atoms with van der Waals surface area (Å²) in [4.78, 5) is 203. The SMILES string of the molecule is C=C(NC(=O)C(=C)NC(=O)c1csc(C2=N[C@@H]3c4csc(n4)[C@H]4NC(=O)c5csc(n5)[C@H]([C@](C)(O)[C@@H](C)O)NC(=O)[C@H]5CSC(=N5)/C(=C\C)NC(=O)[C@H]([C@@H](C)O)NC(=O)c5csc(n5)[C@]3(CC2)NC(=O)C(C)NC(=O)C(=C)NC(=O)C(=C)NC(=O)[C@H](C(C)C)N[C@@H]2C=Cc3c([C@H](C)O)cc(nc3[C@H]2O)C(=O)O[C@@H]4C)n1)C(N)=O. The van der Waals surface area contributed by atoms with E-state index in [0.29, 0.717) is 0 Å². The fourth-order valence-corrected chi connectivity index (χ4v) is 16.9. The number of amides is 11. The Hall–Kier alpha value is -10.8. The van der Waals surface area contributed by atoms with Gasteiger partial charge in [-0.25, -0.2) is 29.7 Å². The van der Waals surface area contributed by atoms with Crippen molar-refractivity contribution in [2.45, 2.75) is 165 Å². The number of thiazole rings is 4. The fourth-order valence-electron chi connectivity index (χ4n) is 12.0. The Morgan fingerprint density at radius 2 is 1.42 bits per heavy atom. The number of primary amides is 1. The first-order chi connectivity index (χ1) is 53.2. The highest BCUT2D eigenvalue weighted by Crippen LogP contribution is 2.48. The summed E-state index contributed by atoms with van der Waals surface area (Å²) in [6, 6.07) is -10.4. The lowest BCUT2D eigenvalue weighted by atomic mass is 9.80. The molecule has 0 radical (unpaired) electrons. The molecular weight excluding hydrogens is 1570 g/mol. The van der Waals surface area contributed by atoms with Crippen molar-refractivity contribution in [1.29, 1.82) is 0 Å². The van der Waals surface area contributed by atoms with E-state index in [1.807, 2.05) is 0 Å². The second kappa shape index (κ2) is 34.7. The molecule has 0 aromatic carbocycles. The number of nitrogens with two attached hydrogens (primary N) is 1. The number of aliphatic hydroxyl groups excluding tert-OH is 4. The minimum Gasteiger partial charge on any atom is -0.455 e. The van der Waals surface area contributed by atoms with Gasteiger partial charge in [-0.2, -0.15) is 0 Å². The van der Waals surface area contributed by atoms with Crippen molar-refractivity contribution in [3.05, 3.63) is 160 Å². The van der Waals surface area contributed by atoms with Gasteiger partial charge in [0.15, 0.2) is 0 Å². The van der Waals surface area contributed by atoms with E-state index in [1.54, 1.807) is 20.8 Å². The Kier molecular flexibility index (Phi) is 26.0. The summed E-state index contributed by atoms with van der Waals surface area (Å²) in [6.07, 6.45) is -3.71. The lowest BCUT2D eigenvalue weighted by molar-refractivity contribution is -0.129. The Morgan fingerprint density at radius 3 is 2.09 bits per heavy atom. The number of allylic oxidation sites excluding steroid dienone is 1. The van der Waals surface area contributed by atoms with Crippen LogP contribution >= 0.6 is 57.1 Å². The number of ether oxygens (including phenoxy) is 1. The second-order valence-corrected chi connectivity index (χ2v) is 31.9. The molecule has 13 bridgehead atoms. The molecule has 37 nitrogen and oxygen atoms in total. The molecule has 598 valence electrons. The van der Waals surface area contributed by atoms with Crippen molar-refractivity contribution in [2.75, 3.05) is 5.75 Å². The van der Waals surface area contributed by atoms with Gasteiger partial charge in [0.05, 0.1) is 76.0 Å². The first kappa shape index (κ1) is 84.6. The van der Waals surface area contributed by atoms with E-state index in [-0.39, 0.29) is 89.0 Å². The lowest BCUT2D eigenvalue weighted by Crippen LogP contribution is -2.57. The molecule has 15 atom stereocenters. The highest BCUT2D eigenvalue weighted by molar-refractivity contribution is 8.14. The highest BCUT2D eigenvalue weighted by atomic mass is 32.2. The number of nitrogens with zero attached hydrogens (tertiary/aromatic N) is 7. The number of cyclic esters (lactones) is 1. The monoisotopic (exact) mass is 1650 g/mol. The van der Waals surface area contributed by atoms with E-state index in [4.69, 9.17) is 25.4 Å². The van der Waals surface area contributed by atoms with Crippen molar-refractivity contribution < 1.29 is 87.8 Å². The van der Waals surface area contributed by atoms with Crippen LogP contribution in [0.5, 0.6) is 0 Å². The topological polar surface area (TPSA) is 563 Å². The maximum atomic E-state index is 15.4. The molecule has 18 N–H and O–H groups in total. The molecule has 5 aliphatic rings. The quantitative estimate of drug-likeness (QED) is 0.0633. The summed E-state index contributed by atoms with van der Waals surface area (Å²) in [5.41, 5.74) is -2.56. The minimum absolute atomic E-state index is 0.0184. The van der Waals surface area contributed by atoms with Crippen LogP contribution in [0.25, 0.3) is 6.08 Å². The molecular formula is C71H81N19O18S5. The average Bonchev–Trinajstić information content (AvgIpc) is 1.66. The highest BCUT2D eigenvalue weighted by Gasteiger charge is 2.51. The third-order valence-corrected chi connectivity index (χ3v) is 23.6. The largest absolute Gasteiger partial charge is 0.455 e. The van der Waals surface area contributed by atoms with Gasteiger partial charge in [-0.15, -0.1) is 57.1 Å². The van der Waals surface area contributed by atoms with E-state index in [2.05, 4.69) is 105 Å². The lowest BCUT2D eigenvalue weighted by Gasteiger charge is -2.41. The Bertz CT molecular complexity index is 4920. The molecule has 1 aliphatic carbocycles. The summed E-state index contributed by atoms with van der Waals surface area (Å²) < 4.78 is 6.24. The van der Waals surface area contributed by atoms with Gasteiger partial charge in [0.2, 0.25) is 23.6 Å². The van der Waals surface area contributed by atoms with Crippen LogP contribution in [0.4, 0.5) is 0 Å². The maximum Gasteiger partial charge on any atom is 0.357 e. The summed E-state index contributed by atoms with van der Waals surface area (Å²) in [6.45, 7) is 26.9. The molecule has 113 heavy (non-hydrogen) atoms. The van der Waals surface area contributed by atoms with Crippen LogP contribution in [-0.4, -0.2) is 192 Å². The van der Waals surface area contributed by atoms with Crippen LogP contribution in [0.3, 0.4) is 0 Å². The molecule has 1 unspecified atom stereocenters. The van der Waals surface area contributed by atoms with Gasteiger partial charge in [-0.05, 0) is 78.9 Å². The predicted octanol–water partition coefficient (Wildman–Crippen LogP) is 0.509. The minimum atomic E-state index is -2.21. The molecule has 0 saturated carbocycles. The summed E-state index contributed by atoms with van der Waals surface area (Å²) in [5.74, 6) is -12.7. The number of aromatic nitrogens is 5. The summed E-state index contributed by atoms with van der Waals surface area (Å²) >= 11 is 4.39. The molecule has 11 amide bonds. The van der Waals surface area contributed by atoms with Crippen molar-refractivity contribution in [3.8, 4) is 0 Å². The van der Waals surface area contributed by atoms with Gasteiger partial charge in [-0.3, -0.25) is 68.0 Å². The number of aliphatic hydroxyl groups is 5. The number of carbonyl (C=O) groups is 12. The van der Waals surface area contributed by atoms with E-state index < -0.39 is 201 Å². The number of carbonyl (C=O) groups excluding carboxylic acids is 12. The standard InChI is InChI=1S/C71H81N19O18S5/c1-14-37-64-83-44(22-109-64)61(103)89-52(70(13,107)34(12)93)67-85-43(23-112-67)59(101)88-48-33(11)108-68(106)40-19-36(31(9)91)35-15-16-38(50(94)49(35)79-40)78-46(25(2)3)62(104)77-29(7)56(98)74-27(5)55(97)75-30(8)57(99)90-71(69-86-45(24-113-69)60(102)87-47(32(10)92)63(105)81-37)18-17-39(80-51(71)41-20-111-66(48)82-41)65-84-42(21-110-65)58(100)76-28(6)54(96)73-26(4)53(72)95/h14-16,19-21,23-25,30-34,38,44,46-48,50-52,78,91-94,107H,4-7,17-18,22H2,1-3,8-13H3,(H2,72,95)(H,73,96)(H,74,98)(H,75,97)(H,76,100)(H,77,104)(H,81,105)(H,87,102)(H,88,101)(H,89,103)(H,90,99)/b37-14+/t30?,31-,32+,33+,34+,38+,44+,46-,47-,48-,50-,51+,52+,70+,71+/m0/s1. The van der Waals surface area contributed by atoms with Crippen LogP contribution in [-0.2, 0) is 48.6 Å². The molecule has 0 saturated heterocycles. The van der Waals surface area contributed by atoms with Crippen molar-refractivity contribution in [3.63, 3.8) is 0 Å². The van der Waals surface area contributed by atoms with Crippen LogP contribution in [0.15, 0.2) is 105 Å². The average molecular weight is 1650 g/mol. The zero-order valence-electron chi connectivity index (χ0n) is 61.9. The summed E-state index contributed by atoms with van der Waals surface area (Å²) in [7, 11) is 0. The molecule has 5 aromatic heterocycles. The van der Waals surface area contributed by atoms with Gasteiger partial charge >= 0.3 is 5.97 Å². The van der Waals surface area contributed by atoms with Crippen molar-refractivity contribution >= 4 is 145 Å². The Balaban J connectivity index is 1.18. The molecule has 5 aromatic rings. The maximum absolute atomic E-state index is 15.4. The summed E-state index contributed by atoms with van der Waals surface area (Å²) in [5, 5.41) is 91.5.